The van der Waals surface area contributed by atoms with Crippen LogP contribution in [-0.2, 0) is 0 Å². The quantitative estimate of drug-likeness (QED) is 0.706. The van der Waals surface area contributed by atoms with Gasteiger partial charge in [-0.15, -0.1) is 0 Å². The van der Waals surface area contributed by atoms with Crippen molar-refractivity contribution in [2.45, 2.75) is 18.9 Å². The van der Waals surface area contributed by atoms with Crippen molar-refractivity contribution >= 4 is 34.8 Å². The first-order chi connectivity index (χ1) is 14.0. The fraction of sp³-hybridized carbons (Fsp3) is 0.409. The molecule has 0 aliphatic carbocycles. The Labute approximate surface area is 180 Å². The molecule has 0 radical (unpaired) electrons. The zero-order chi connectivity index (χ0) is 20.4. The molecule has 2 saturated heterocycles. The number of benzene rings is 2. The Balaban J connectivity index is 1.36. The van der Waals surface area contributed by atoms with Crippen molar-refractivity contribution in [2.75, 3.05) is 44.2 Å². The molecule has 0 aromatic heterocycles. The van der Waals surface area contributed by atoms with Gasteiger partial charge in [-0.3, -0.25) is 9.69 Å². The third kappa shape index (κ3) is 4.68. The predicted octanol–water partition coefficient (Wildman–Crippen LogP) is 4.56. The molecule has 0 N–H and O–H groups in total. The summed E-state index contributed by atoms with van der Waals surface area (Å²) in [5.41, 5.74) is 1.61. The summed E-state index contributed by atoms with van der Waals surface area (Å²) in [6.45, 7) is 5.23. The van der Waals surface area contributed by atoms with Crippen molar-refractivity contribution in [3.8, 4) is 0 Å². The van der Waals surface area contributed by atoms with Crippen molar-refractivity contribution < 1.29 is 9.18 Å². The second kappa shape index (κ2) is 8.90. The zero-order valence-corrected chi connectivity index (χ0v) is 17.7. The average Bonchev–Trinajstić information content (AvgIpc) is 2.75. The molecule has 0 saturated carbocycles. The summed E-state index contributed by atoms with van der Waals surface area (Å²) in [6.07, 6.45) is 2.06. The van der Waals surface area contributed by atoms with Crippen LogP contribution >= 0.6 is 23.2 Å². The molecule has 2 fully saturated rings. The highest BCUT2D eigenvalue weighted by atomic mass is 35.5. The van der Waals surface area contributed by atoms with Crippen LogP contribution in [0.4, 0.5) is 10.1 Å². The number of amides is 1. The fourth-order valence-electron chi connectivity index (χ4n) is 4.27. The van der Waals surface area contributed by atoms with Crippen LogP contribution in [0.1, 0.15) is 23.2 Å². The number of piperidine rings is 1. The van der Waals surface area contributed by atoms with Crippen LogP contribution in [0.25, 0.3) is 0 Å². The Morgan fingerprint density at radius 1 is 1.00 bits per heavy atom. The van der Waals surface area contributed by atoms with Crippen LogP contribution in [-0.4, -0.2) is 61.0 Å². The molecule has 0 spiro atoms. The van der Waals surface area contributed by atoms with Crippen LogP contribution in [0.5, 0.6) is 0 Å². The first-order valence-corrected chi connectivity index (χ1v) is 10.8. The molecule has 2 heterocycles. The van der Waals surface area contributed by atoms with E-state index in [9.17, 15) is 9.18 Å². The third-order valence-corrected chi connectivity index (χ3v) is 6.38. The minimum Gasteiger partial charge on any atom is -0.369 e. The van der Waals surface area contributed by atoms with Crippen LogP contribution in [0, 0.1) is 5.82 Å². The smallest absolute Gasteiger partial charge is 0.253 e. The number of rotatable bonds is 3. The Morgan fingerprint density at radius 2 is 1.79 bits per heavy atom. The minimum atomic E-state index is -0.502. The van der Waals surface area contributed by atoms with Crippen molar-refractivity contribution in [1.29, 1.82) is 0 Å². The molecule has 4 nitrogen and oxygen atoms in total. The molecule has 2 aliphatic heterocycles. The molecule has 4 rings (SSSR count). The molecule has 2 aromatic rings. The third-order valence-electron chi connectivity index (χ3n) is 5.85. The van der Waals surface area contributed by atoms with Crippen molar-refractivity contribution in [3.63, 3.8) is 0 Å². The molecule has 2 aliphatic rings. The fourth-order valence-corrected chi connectivity index (χ4v) is 4.63. The van der Waals surface area contributed by atoms with E-state index in [1.54, 1.807) is 0 Å². The number of anilines is 1. The molecular weight excluding hydrogens is 412 g/mol. The number of carbonyl (C=O) groups excluding carboxylic acids is 1. The van der Waals surface area contributed by atoms with Crippen LogP contribution < -0.4 is 4.90 Å². The van der Waals surface area contributed by atoms with Crippen molar-refractivity contribution in [1.82, 2.24) is 9.80 Å². The molecule has 0 unspecified atom stereocenters. The lowest BCUT2D eigenvalue weighted by Gasteiger charge is -2.44. The average molecular weight is 436 g/mol. The summed E-state index contributed by atoms with van der Waals surface area (Å²) < 4.78 is 13.4. The normalized spacial score (nSPS) is 20.7. The second-order valence-electron chi connectivity index (χ2n) is 7.68. The van der Waals surface area contributed by atoms with Gasteiger partial charge >= 0.3 is 0 Å². The Morgan fingerprint density at radius 3 is 2.52 bits per heavy atom. The summed E-state index contributed by atoms with van der Waals surface area (Å²) >= 11 is 12.0. The summed E-state index contributed by atoms with van der Waals surface area (Å²) in [7, 11) is 0. The van der Waals surface area contributed by atoms with Gasteiger partial charge in [0, 0.05) is 61.6 Å². The van der Waals surface area contributed by atoms with Gasteiger partial charge in [0.25, 0.3) is 5.91 Å². The van der Waals surface area contributed by atoms with E-state index in [2.05, 4.69) is 15.9 Å². The lowest BCUT2D eigenvalue weighted by atomic mass is 10.0. The van der Waals surface area contributed by atoms with E-state index in [1.807, 2.05) is 23.1 Å². The number of hydrogen-bond acceptors (Lipinski definition) is 3. The molecule has 1 amide bonds. The minimum absolute atomic E-state index is 0.0125. The maximum Gasteiger partial charge on any atom is 0.253 e. The highest BCUT2D eigenvalue weighted by Crippen LogP contribution is 2.24. The lowest BCUT2D eigenvalue weighted by Crippen LogP contribution is -2.55. The lowest BCUT2D eigenvalue weighted by molar-refractivity contribution is 0.0563. The summed E-state index contributed by atoms with van der Waals surface area (Å²) in [6, 6.07) is 12.5. The van der Waals surface area contributed by atoms with E-state index < -0.39 is 5.82 Å². The van der Waals surface area contributed by atoms with E-state index in [-0.39, 0.29) is 10.9 Å². The zero-order valence-electron chi connectivity index (χ0n) is 16.2. The summed E-state index contributed by atoms with van der Waals surface area (Å²) in [5.74, 6) is -0.577. The van der Waals surface area contributed by atoms with Gasteiger partial charge < -0.3 is 9.80 Å². The van der Waals surface area contributed by atoms with E-state index in [4.69, 9.17) is 23.2 Å². The molecule has 154 valence electrons. The van der Waals surface area contributed by atoms with Gasteiger partial charge in [0.15, 0.2) is 0 Å². The molecule has 0 bridgehead atoms. The SMILES string of the molecule is O=C(c1ccc(F)c(Cl)c1)N1CCC[C@H](N2CCN(c3cccc(Cl)c3)CC2)C1. The topological polar surface area (TPSA) is 26.8 Å². The highest BCUT2D eigenvalue weighted by molar-refractivity contribution is 6.31. The monoisotopic (exact) mass is 435 g/mol. The first kappa shape index (κ1) is 20.5. The van der Waals surface area contributed by atoms with Gasteiger partial charge in [0.2, 0.25) is 0 Å². The molecular formula is C22H24Cl2FN3O. The van der Waals surface area contributed by atoms with Gasteiger partial charge in [-0.1, -0.05) is 29.3 Å². The number of likely N-dealkylation sites (tertiary alicyclic amines) is 1. The Bertz CT molecular complexity index is 886. The molecule has 1 atom stereocenters. The van der Waals surface area contributed by atoms with Crippen LogP contribution in [0.3, 0.4) is 0 Å². The van der Waals surface area contributed by atoms with Crippen LogP contribution in [0.2, 0.25) is 10.0 Å². The number of halogens is 3. The van der Waals surface area contributed by atoms with Gasteiger partial charge in [-0.2, -0.15) is 0 Å². The number of nitrogens with zero attached hydrogens (tertiary/aromatic N) is 3. The first-order valence-electron chi connectivity index (χ1n) is 10.00. The van der Waals surface area contributed by atoms with Gasteiger partial charge in [-0.25, -0.2) is 4.39 Å². The van der Waals surface area contributed by atoms with Crippen molar-refractivity contribution in [3.05, 3.63) is 63.9 Å². The van der Waals surface area contributed by atoms with E-state index in [1.165, 1.54) is 18.2 Å². The molecule has 29 heavy (non-hydrogen) atoms. The standard InChI is InChI=1S/C22H24Cl2FN3O/c23-17-3-1-4-18(14-17)26-9-11-27(12-10-26)19-5-2-8-28(15-19)22(29)16-6-7-21(25)20(24)13-16/h1,3-4,6-7,13-14,19H,2,5,8-12,15H2/t19-/m0/s1. The molecule has 2 aromatic carbocycles. The van der Waals surface area contributed by atoms with E-state index in [0.29, 0.717) is 18.2 Å². The molecule has 7 heteroatoms. The number of piperazine rings is 1. The summed E-state index contributed by atoms with van der Waals surface area (Å²) in [4.78, 5) is 19.6. The second-order valence-corrected chi connectivity index (χ2v) is 8.52. The van der Waals surface area contributed by atoms with Gasteiger partial charge in [0.1, 0.15) is 5.82 Å². The van der Waals surface area contributed by atoms with Crippen molar-refractivity contribution in [2.24, 2.45) is 0 Å². The maximum absolute atomic E-state index is 13.4. The Kier molecular flexibility index (Phi) is 6.28. The van der Waals surface area contributed by atoms with Gasteiger partial charge in [-0.05, 0) is 49.2 Å². The van der Waals surface area contributed by atoms with E-state index in [0.717, 1.165) is 56.3 Å². The van der Waals surface area contributed by atoms with Crippen LogP contribution in [0.15, 0.2) is 42.5 Å². The maximum atomic E-state index is 13.4. The Hall–Kier alpha value is -1.82. The predicted molar refractivity (Wildman–Crippen MR) is 116 cm³/mol. The highest BCUT2D eigenvalue weighted by Gasteiger charge is 2.30. The number of hydrogen-bond donors (Lipinski definition) is 0. The van der Waals surface area contributed by atoms with Gasteiger partial charge in [0.05, 0.1) is 5.02 Å². The largest absolute Gasteiger partial charge is 0.369 e. The number of carbonyl (C=O) groups is 1. The van der Waals surface area contributed by atoms with E-state index >= 15 is 0 Å². The summed E-state index contributed by atoms with van der Waals surface area (Å²) in [5, 5.41) is 0.744.